The molecule has 0 aliphatic heterocycles. The van der Waals surface area contributed by atoms with Crippen molar-refractivity contribution < 1.29 is 8.42 Å². The first-order chi connectivity index (χ1) is 9.56. The quantitative estimate of drug-likeness (QED) is 0.839. The molecule has 2 N–H and O–H groups in total. The first kappa shape index (κ1) is 14.5. The van der Waals surface area contributed by atoms with Gasteiger partial charge in [-0.25, -0.2) is 18.1 Å². The zero-order chi connectivity index (χ0) is 14.6. The Kier molecular flexibility index (Phi) is 4.37. The highest BCUT2D eigenvalue weighted by atomic mass is 32.2. The second kappa shape index (κ2) is 6.03. The average Bonchev–Trinajstić information content (AvgIpc) is 2.82. The fourth-order valence-corrected chi connectivity index (χ4v) is 3.08. The van der Waals surface area contributed by atoms with Crippen molar-refractivity contribution in [2.75, 3.05) is 6.54 Å². The Bertz CT molecular complexity index is 697. The molecule has 0 aliphatic rings. The zero-order valence-electron chi connectivity index (χ0n) is 11.1. The Morgan fingerprint density at radius 1 is 1.45 bits per heavy atom. The normalized spacial score (nSPS) is 13.2. The van der Waals surface area contributed by atoms with Crippen molar-refractivity contribution in [2.24, 2.45) is 0 Å². The summed E-state index contributed by atoms with van der Waals surface area (Å²) in [6.45, 7) is 1.90. The van der Waals surface area contributed by atoms with E-state index in [4.69, 9.17) is 5.26 Å². The van der Waals surface area contributed by atoms with Crippen molar-refractivity contribution in [2.45, 2.75) is 25.0 Å². The van der Waals surface area contributed by atoms with E-state index in [1.807, 2.05) is 24.3 Å². The molecule has 0 bridgehead atoms. The van der Waals surface area contributed by atoms with E-state index in [1.54, 1.807) is 13.0 Å². The van der Waals surface area contributed by atoms with Crippen LogP contribution in [-0.2, 0) is 16.4 Å². The standard InChI is InChI=1S/C13H16N4O2S/c1-2-10(9-14)20(18,19)15-8-7-13-16-11-5-3-4-6-12(11)17-13/h3-6,10,15H,2,7-8H2,1H3,(H,16,17). The van der Waals surface area contributed by atoms with Crippen LogP contribution >= 0.6 is 0 Å². The van der Waals surface area contributed by atoms with Gasteiger partial charge in [-0.3, -0.25) is 0 Å². The van der Waals surface area contributed by atoms with E-state index < -0.39 is 15.3 Å². The van der Waals surface area contributed by atoms with Crippen molar-refractivity contribution in [3.63, 3.8) is 0 Å². The number of aromatic amines is 1. The third-order valence-electron chi connectivity index (χ3n) is 2.99. The lowest BCUT2D eigenvalue weighted by Crippen LogP contribution is -2.34. The van der Waals surface area contributed by atoms with Crippen LogP contribution in [0.4, 0.5) is 0 Å². The van der Waals surface area contributed by atoms with Gasteiger partial charge in [0.05, 0.1) is 17.1 Å². The molecule has 2 rings (SSSR count). The molecule has 0 spiro atoms. The summed E-state index contributed by atoms with van der Waals surface area (Å²) in [6.07, 6.45) is 0.728. The molecular formula is C13H16N4O2S. The van der Waals surface area contributed by atoms with Crippen molar-refractivity contribution >= 4 is 21.1 Å². The van der Waals surface area contributed by atoms with Crippen LogP contribution in [0.15, 0.2) is 24.3 Å². The van der Waals surface area contributed by atoms with E-state index in [2.05, 4.69) is 14.7 Å². The summed E-state index contributed by atoms with van der Waals surface area (Å²) in [5.41, 5.74) is 1.78. The minimum Gasteiger partial charge on any atom is -0.342 e. The topological polar surface area (TPSA) is 98.6 Å². The maximum absolute atomic E-state index is 11.8. The van der Waals surface area contributed by atoms with Gasteiger partial charge < -0.3 is 4.98 Å². The summed E-state index contributed by atoms with van der Waals surface area (Å²) in [5, 5.41) is 7.78. The van der Waals surface area contributed by atoms with Crippen molar-refractivity contribution in [1.29, 1.82) is 5.26 Å². The number of para-hydroxylation sites is 2. The largest absolute Gasteiger partial charge is 0.342 e. The number of benzene rings is 1. The maximum Gasteiger partial charge on any atom is 0.227 e. The lowest BCUT2D eigenvalue weighted by Gasteiger charge is -2.08. The second-order valence-electron chi connectivity index (χ2n) is 4.42. The van der Waals surface area contributed by atoms with Gasteiger partial charge in [0.15, 0.2) is 5.25 Å². The van der Waals surface area contributed by atoms with Crippen LogP contribution in [0.5, 0.6) is 0 Å². The number of sulfonamides is 1. The number of rotatable bonds is 6. The fraction of sp³-hybridized carbons (Fsp3) is 0.385. The molecule has 0 saturated heterocycles. The van der Waals surface area contributed by atoms with Crippen LogP contribution in [-0.4, -0.2) is 30.2 Å². The predicted octanol–water partition coefficient (Wildman–Crippen LogP) is 1.33. The van der Waals surface area contributed by atoms with Gasteiger partial charge >= 0.3 is 0 Å². The van der Waals surface area contributed by atoms with Crippen molar-refractivity contribution in [1.82, 2.24) is 14.7 Å². The highest BCUT2D eigenvalue weighted by Gasteiger charge is 2.22. The maximum atomic E-state index is 11.8. The van der Waals surface area contributed by atoms with Crippen molar-refractivity contribution in [3.05, 3.63) is 30.1 Å². The van der Waals surface area contributed by atoms with Gasteiger partial charge in [0.1, 0.15) is 5.82 Å². The Labute approximate surface area is 117 Å². The molecule has 6 nitrogen and oxygen atoms in total. The molecule has 1 aromatic heterocycles. The molecule has 0 radical (unpaired) electrons. The molecule has 1 heterocycles. The summed E-state index contributed by atoms with van der Waals surface area (Å²) in [4.78, 5) is 7.49. The summed E-state index contributed by atoms with van der Waals surface area (Å²) >= 11 is 0. The van der Waals surface area contributed by atoms with Gasteiger partial charge in [0.2, 0.25) is 10.0 Å². The van der Waals surface area contributed by atoms with Crippen LogP contribution in [0, 0.1) is 11.3 Å². The number of hydrogen-bond acceptors (Lipinski definition) is 4. The minimum atomic E-state index is -3.58. The number of nitrogens with one attached hydrogen (secondary N) is 2. The molecule has 0 saturated carbocycles. The molecule has 0 aliphatic carbocycles. The Hall–Kier alpha value is -1.91. The van der Waals surface area contributed by atoms with Gasteiger partial charge in [0, 0.05) is 13.0 Å². The summed E-state index contributed by atoms with van der Waals surface area (Å²) in [7, 11) is -3.58. The number of nitrogens with zero attached hydrogens (tertiary/aromatic N) is 2. The fourth-order valence-electron chi connectivity index (χ4n) is 1.92. The van der Waals surface area contributed by atoms with E-state index in [9.17, 15) is 8.42 Å². The molecule has 2 aromatic rings. The summed E-state index contributed by atoms with van der Waals surface area (Å²) < 4.78 is 26.0. The van der Waals surface area contributed by atoms with Gasteiger partial charge in [-0.05, 0) is 18.6 Å². The van der Waals surface area contributed by atoms with E-state index in [0.717, 1.165) is 16.9 Å². The molecule has 7 heteroatoms. The second-order valence-corrected chi connectivity index (χ2v) is 6.36. The number of H-pyrrole nitrogens is 1. The molecule has 1 aromatic carbocycles. The van der Waals surface area contributed by atoms with Gasteiger partial charge in [0.25, 0.3) is 0 Å². The molecule has 106 valence electrons. The lowest BCUT2D eigenvalue weighted by atomic mass is 10.3. The molecule has 0 fully saturated rings. The van der Waals surface area contributed by atoms with Crippen molar-refractivity contribution in [3.8, 4) is 6.07 Å². The van der Waals surface area contributed by atoms with Crippen LogP contribution < -0.4 is 4.72 Å². The Balaban J connectivity index is 1.98. The predicted molar refractivity (Wildman–Crippen MR) is 76.4 cm³/mol. The van der Waals surface area contributed by atoms with E-state index in [0.29, 0.717) is 6.42 Å². The van der Waals surface area contributed by atoms with Crippen LogP contribution in [0.3, 0.4) is 0 Å². The van der Waals surface area contributed by atoms with E-state index in [-0.39, 0.29) is 13.0 Å². The Morgan fingerprint density at radius 3 is 2.85 bits per heavy atom. The van der Waals surface area contributed by atoms with Crippen LogP contribution in [0.25, 0.3) is 11.0 Å². The number of imidazole rings is 1. The SMILES string of the molecule is CCC(C#N)S(=O)(=O)NCCc1nc2ccccc2[nH]1. The number of nitriles is 1. The molecule has 1 atom stereocenters. The molecule has 20 heavy (non-hydrogen) atoms. The molecule has 0 amide bonds. The Morgan fingerprint density at radius 2 is 2.20 bits per heavy atom. The molecular weight excluding hydrogens is 276 g/mol. The van der Waals surface area contributed by atoms with E-state index >= 15 is 0 Å². The zero-order valence-corrected chi connectivity index (χ0v) is 11.9. The van der Waals surface area contributed by atoms with Gasteiger partial charge in [-0.1, -0.05) is 19.1 Å². The number of fused-ring (bicyclic) bond motifs is 1. The average molecular weight is 292 g/mol. The summed E-state index contributed by atoms with van der Waals surface area (Å²) in [5.74, 6) is 0.721. The minimum absolute atomic E-state index is 0.223. The monoisotopic (exact) mass is 292 g/mol. The third-order valence-corrected chi connectivity index (χ3v) is 4.79. The third kappa shape index (κ3) is 3.15. The summed E-state index contributed by atoms with van der Waals surface area (Å²) in [6, 6.07) is 9.40. The first-order valence-electron chi connectivity index (χ1n) is 6.38. The highest BCUT2D eigenvalue weighted by Crippen LogP contribution is 2.10. The molecule has 1 unspecified atom stereocenters. The van der Waals surface area contributed by atoms with Crippen LogP contribution in [0.1, 0.15) is 19.2 Å². The lowest BCUT2D eigenvalue weighted by molar-refractivity contribution is 0.572. The smallest absolute Gasteiger partial charge is 0.227 e. The first-order valence-corrected chi connectivity index (χ1v) is 7.93. The van der Waals surface area contributed by atoms with Gasteiger partial charge in [-0.15, -0.1) is 0 Å². The highest BCUT2D eigenvalue weighted by molar-refractivity contribution is 7.90. The number of aromatic nitrogens is 2. The van der Waals surface area contributed by atoms with Gasteiger partial charge in [-0.2, -0.15) is 5.26 Å². The van der Waals surface area contributed by atoms with E-state index in [1.165, 1.54) is 0 Å². The van der Waals surface area contributed by atoms with Crippen LogP contribution in [0.2, 0.25) is 0 Å². The number of hydrogen-bond donors (Lipinski definition) is 2.